The number of amides is 1. The molecule has 0 bridgehead atoms. The van der Waals surface area contributed by atoms with Crippen LogP contribution in [-0.4, -0.2) is 14.3 Å². The average Bonchev–Trinajstić information content (AvgIpc) is 2.68. The van der Waals surface area contributed by atoms with Gasteiger partial charge in [-0.25, -0.2) is 12.8 Å². The van der Waals surface area contributed by atoms with Crippen LogP contribution in [0.1, 0.15) is 15.9 Å². The molecular formula is C20H14FN3O3S. The van der Waals surface area contributed by atoms with Gasteiger partial charge in [-0.3, -0.25) is 9.52 Å². The summed E-state index contributed by atoms with van der Waals surface area (Å²) in [5.41, 5.74) is 1.34. The molecule has 0 unspecified atom stereocenters. The summed E-state index contributed by atoms with van der Waals surface area (Å²) in [6, 6.07) is 18.7. The van der Waals surface area contributed by atoms with Crippen molar-refractivity contribution in [3.05, 3.63) is 89.7 Å². The van der Waals surface area contributed by atoms with Gasteiger partial charge in [-0.05, 0) is 66.7 Å². The van der Waals surface area contributed by atoms with Crippen molar-refractivity contribution in [2.45, 2.75) is 4.90 Å². The van der Waals surface area contributed by atoms with Crippen LogP contribution in [0.15, 0.2) is 77.7 Å². The second-order valence-corrected chi connectivity index (χ2v) is 7.47. The Morgan fingerprint density at radius 1 is 0.929 bits per heavy atom. The van der Waals surface area contributed by atoms with E-state index < -0.39 is 21.7 Å². The first-order valence-electron chi connectivity index (χ1n) is 8.07. The summed E-state index contributed by atoms with van der Waals surface area (Å²) < 4.78 is 40.3. The van der Waals surface area contributed by atoms with Crippen molar-refractivity contribution in [1.82, 2.24) is 0 Å². The van der Waals surface area contributed by atoms with Gasteiger partial charge in [0.25, 0.3) is 15.9 Å². The molecule has 0 aliphatic heterocycles. The number of hydrogen-bond donors (Lipinski definition) is 2. The minimum atomic E-state index is -3.92. The number of rotatable bonds is 5. The molecule has 0 aromatic heterocycles. The van der Waals surface area contributed by atoms with E-state index in [4.69, 9.17) is 5.26 Å². The smallest absolute Gasteiger partial charge is 0.261 e. The fourth-order valence-electron chi connectivity index (χ4n) is 2.38. The van der Waals surface area contributed by atoms with Crippen LogP contribution in [0.2, 0.25) is 0 Å². The lowest BCUT2D eigenvalue weighted by Crippen LogP contribution is -2.15. The van der Waals surface area contributed by atoms with Crippen molar-refractivity contribution < 1.29 is 17.6 Å². The predicted molar refractivity (Wildman–Crippen MR) is 103 cm³/mol. The third-order valence-corrected chi connectivity index (χ3v) is 5.17. The predicted octanol–water partition coefficient (Wildman–Crippen LogP) is 3.75. The molecule has 8 heteroatoms. The van der Waals surface area contributed by atoms with E-state index in [1.807, 2.05) is 6.07 Å². The van der Waals surface area contributed by atoms with E-state index in [2.05, 4.69) is 10.0 Å². The summed E-state index contributed by atoms with van der Waals surface area (Å²) >= 11 is 0. The third kappa shape index (κ3) is 4.52. The van der Waals surface area contributed by atoms with Crippen LogP contribution in [0.25, 0.3) is 0 Å². The molecule has 0 heterocycles. The fraction of sp³-hybridized carbons (Fsp3) is 0. The van der Waals surface area contributed by atoms with E-state index in [9.17, 15) is 17.6 Å². The molecule has 6 nitrogen and oxygen atoms in total. The van der Waals surface area contributed by atoms with Gasteiger partial charge < -0.3 is 5.32 Å². The SMILES string of the molecule is N#Cc1ccc(NC(=O)c2ccc(S(=O)(=O)Nc3cccc(F)c3)cc2)cc1. The minimum absolute atomic E-state index is 0.0633. The van der Waals surface area contributed by atoms with Crippen molar-refractivity contribution in [3.63, 3.8) is 0 Å². The summed E-state index contributed by atoms with van der Waals surface area (Å²) in [7, 11) is -3.92. The lowest BCUT2D eigenvalue weighted by molar-refractivity contribution is 0.102. The summed E-state index contributed by atoms with van der Waals surface area (Å²) in [6.07, 6.45) is 0. The topological polar surface area (TPSA) is 99.1 Å². The second kappa shape index (κ2) is 7.90. The Morgan fingerprint density at radius 3 is 2.21 bits per heavy atom. The fourth-order valence-corrected chi connectivity index (χ4v) is 3.43. The highest BCUT2D eigenvalue weighted by molar-refractivity contribution is 7.92. The molecule has 0 saturated heterocycles. The summed E-state index contributed by atoms with van der Waals surface area (Å²) in [5, 5.41) is 11.4. The molecule has 0 aliphatic rings. The zero-order valence-electron chi connectivity index (χ0n) is 14.4. The first-order chi connectivity index (χ1) is 13.4. The average molecular weight is 395 g/mol. The number of benzene rings is 3. The number of hydrogen-bond acceptors (Lipinski definition) is 4. The second-order valence-electron chi connectivity index (χ2n) is 5.78. The van der Waals surface area contributed by atoms with E-state index in [1.165, 1.54) is 42.5 Å². The van der Waals surface area contributed by atoms with E-state index in [0.717, 1.165) is 6.07 Å². The number of nitrogens with one attached hydrogen (secondary N) is 2. The summed E-state index contributed by atoms with van der Waals surface area (Å²) in [5.74, 6) is -0.984. The molecule has 140 valence electrons. The molecule has 1 amide bonds. The lowest BCUT2D eigenvalue weighted by Gasteiger charge is -2.09. The molecule has 0 saturated carbocycles. The molecule has 3 aromatic carbocycles. The highest BCUT2D eigenvalue weighted by Gasteiger charge is 2.15. The van der Waals surface area contributed by atoms with Crippen LogP contribution in [-0.2, 0) is 10.0 Å². The maximum Gasteiger partial charge on any atom is 0.261 e. The zero-order valence-corrected chi connectivity index (χ0v) is 15.2. The number of carbonyl (C=O) groups excluding carboxylic acids is 1. The van der Waals surface area contributed by atoms with Crippen LogP contribution in [0.4, 0.5) is 15.8 Å². The van der Waals surface area contributed by atoms with Gasteiger partial charge in [0, 0.05) is 11.3 Å². The highest BCUT2D eigenvalue weighted by atomic mass is 32.2. The molecule has 28 heavy (non-hydrogen) atoms. The van der Waals surface area contributed by atoms with Gasteiger partial charge >= 0.3 is 0 Å². The largest absolute Gasteiger partial charge is 0.322 e. The van der Waals surface area contributed by atoms with E-state index in [1.54, 1.807) is 24.3 Å². The Morgan fingerprint density at radius 2 is 1.61 bits per heavy atom. The molecule has 3 aromatic rings. The van der Waals surface area contributed by atoms with Crippen molar-refractivity contribution in [2.75, 3.05) is 10.0 Å². The van der Waals surface area contributed by atoms with Crippen molar-refractivity contribution in [1.29, 1.82) is 5.26 Å². The van der Waals surface area contributed by atoms with Gasteiger partial charge in [0.15, 0.2) is 0 Å². The molecular weight excluding hydrogens is 381 g/mol. The Bertz CT molecular complexity index is 1150. The maximum absolute atomic E-state index is 13.2. The molecule has 2 N–H and O–H groups in total. The zero-order chi connectivity index (χ0) is 20.1. The number of nitriles is 1. The van der Waals surface area contributed by atoms with E-state index >= 15 is 0 Å². The van der Waals surface area contributed by atoms with Crippen molar-refractivity contribution >= 4 is 27.3 Å². The number of anilines is 2. The quantitative estimate of drug-likeness (QED) is 0.687. The van der Waals surface area contributed by atoms with Crippen LogP contribution in [0.3, 0.4) is 0 Å². The first-order valence-corrected chi connectivity index (χ1v) is 9.56. The molecule has 3 rings (SSSR count). The molecule has 0 aliphatic carbocycles. The highest BCUT2D eigenvalue weighted by Crippen LogP contribution is 2.18. The van der Waals surface area contributed by atoms with Gasteiger partial charge in [0.05, 0.1) is 22.2 Å². The van der Waals surface area contributed by atoms with Gasteiger partial charge in [-0.15, -0.1) is 0 Å². The monoisotopic (exact) mass is 395 g/mol. The van der Waals surface area contributed by atoms with Crippen molar-refractivity contribution in [2.24, 2.45) is 0 Å². The molecule has 0 atom stereocenters. The van der Waals surface area contributed by atoms with Crippen molar-refractivity contribution in [3.8, 4) is 6.07 Å². The van der Waals surface area contributed by atoms with Crippen LogP contribution >= 0.6 is 0 Å². The van der Waals surface area contributed by atoms with Crippen LogP contribution in [0.5, 0.6) is 0 Å². The van der Waals surface area contributed by atoms with Crippen LogP contribution < -0.4 is 10.0 Å². The Kier molecular flexibility index (Phi) is 5.38. The lowest BCUT2D eigenvalue weighted by atomic mass is 10.2. The first kappa shape index (κ1) is 19.1. The maximum atomic E-state index is 13.2. The minimum Gasteiger partial charge on any atom is -0.322 e. The number of nitrogens with zero attached hydrogens (tertiary/aromatic N) is 1. The molecule has 0 spiro atoms. The Hall–Kier alpha value is -3.70. The van der Waals surface area contributed by atoms with Gasteiger partial charge in [0.2, 0.25) is 0 Å². The van der Waals surface area contributed by atoms with E-state index in [0.29, 0.717) is 11.3 Å². The summed E-state index contributed by atoms with van der Waals surface area (Å²) in [6.45, 7) is 0. The van der Waals surface area contributed by atoms with E-state index in [-0.39, 0.29) is 16.1 Å². The van der Waals surface area contributed by atoms with Gasteiger partial charge in [0.1, 0.15) is 5.82 Å². The Labute approximate surface area is 161 Å². The summed E-state index contributed by atoms with van der Waals surface area (Å²) in [4.78, 5) is 12.2. The molecule has 0 radical (unpaired) electrons. The van der Waals surface area contributed by atoms with Crippen LogP contribution in [0, 0.1) is 17.1 Å². The standard InChI is InChI=1S/C20H14FN3O3S/c21-16-2-1-3-18(12-16)24-28(26,27)19-10-6-15(7-11-19)20(25)23-17-8-4-14(13-22)5-9-17/h1-12,24H,(H,23,25). The third-order valence-electron chi connectivity index (χ3n) is 3.78. The molecule has 0 fully saturated rings. The van der Waals surface area contributed by atoms with Gasteiger partial charge in [-0.1, -0.05) is 6.07 Å². The Balaban J connectivity index is 1.73. The number of carbonyl (C=O) groups is 1. The number of sulfonamides is 1. The number of halogens is 1. The normalized spacial score (nSPS) is 10.7. The van der Waals surface area contributed by atoms with Gasteiger partial charge in [-0.2, -0.15) is 5.26 Å².